The third kappa shape index (κ3) is 7.24. The molecule has 0 fully saturated rings. The van der Waals surface area contributed by atoms with Gasteiger partial charge in [-0.1, -0.05) is 48.6 Å². The van der Waals surface area contributed by atoms with Gasteiger partial charge in [-0.05, 0) is 31.2 Å². The highest BCUT2D eigenvalue weighted by Gasteiger charge is 1.94. The van der Waals surface area contributed by atoms with Gasteiger partial charge in [-0.15, -0.1) is 0 Å². The van der Waals surface area contributed by atoms with Crippen LogP contribution in [0, 0.1) is 0 Å². The number of unbranched alkanes of at least 4 members (excludes halogenated alkanes) is 2. The van der Waals surface area contributed by atoms with Crippen molar-refractivity contribution in [2.45, 2.75) is 25.7 Å². The van der Waals surface area contributed by atoms with Gasteiger partial charge in [0.2, 0.25) is 5.91 Å². The molecule has 0 aromatic heterocycles. The standard InChI is InChI=1S/C17H23NO/c1-18(2)17(19)15-11-6-4-3-5-8-12-16-13-9-7-10-14-16/h4,6-7,9-11,13-15H,3,5,8,12H2,1-2H3/b6-4+,15-11+. The van der Waals surface area contributed by atoms with Crippen LogP contribution < -0.4 is 0 Å². The van der Waals surface area contributed by atoms with Crippen molar-refractivity contribution in [3.8, 4) is 0 Å². The predicted octanol–water partition coefficient (Wildman–Crippen LogP) is 3.60. The molecule has 0 aliphatic carbocycles. The summed E-state index contributed by atoms with van der Waals surface area (Å²) in [6, 6.07) is 10.6. The molecule has 0 saturated heterocycles. The van der Waals surface area contributed by atoms with Crippen LogP contribution in [-0.2, 0) is 11.2 Å². The van der Waals surface area contributed by atoms with Crippen molar-refractivity contribution in [3.05, 3.63) is 60.2 Å². The molecule has 2 heteroatoms. The number of amides is 1. The van der Waals surface area contributed by atoms with Crippen LogP contribution in [-0.4, -0.2) is 24.9 Å². The maximum Gasteiger partial charge on any atom is 0.246 e. The summed E-state index contributed by atoms with van der Waals surface area (Å²) in [6.07, 6.45) is 12.0. The highest BCUT2D eigenvalue weighted by molar-refractivity contribution is 5.87. The largest absolute Gasteiger partial charge is 0.345 e. The van der Waals surface area contributed by atoms with Crippen molar-refractivity contribution in [1.29, 1.82) is 0 Å². The SMILES string of the molecule is CN(C)C(=O)/C=C/C=C/CCCCc1ccccc1. The second-order valence-corrected chi connectivity index (χ2v) is 4.75. The number of rotatable bonds is 7. The molecular formula is C17H23NO. The minimum atomic E-state index is 0.0220. The molecule has 0 bridgehead atoms. The Hall–Kier alpha value is -1.83. The van der Waals surface area contributed by atoms with Crippen molar-refractivity contribution in [2.24, 2.45) is 0 Å². The lowest BCUT2D eigenvalue weighted by Gasteiger charge is -2.04. The molecular weight excluding hydrogens is 234 g/mol. The molecule has 0 aliphatic heterocycles. The Morgan fingerprint density at radius 3 is 2.53 bits per heavy atom. The van der Waals surface area contributed by atoms with Crippen molar-refractivity contribution in [2.75, 3.05) is 14.1 Å². The Balaban J connectivity index is 2.09. The zero-order valence-corrected chi connectivity index (χ0v) is 11.9. The first-order valence-corrected chi connectivity index (χ1v) is 6.78. The number of hydrogen-bond donors (Lipinski definition) is 0. The second-order valence-electron chi connectivity index (χ2n) is 4.75. The molecule has 2 nitrogen and oxygen atoms in total. The van der Waals surface area contributed by atoms with Crippen LogP contribution >= 0.6 is 0 Å². The molecule has 0 radical (unpaired) electrons. The van der Waals surface area contributed by atoms with E-state index in [1.54, 1.807) is 31.1 Å². The first-order valence-electron chi connectivity index (χ1n) is 6.78. The van der Waals surface area contributed by atoms with Crippen LogP contribution in [0.2, 0.25) is 0 Å². The number of aryl methyl sites for hydroxylation is 1. The predicted molar refractivity (Wildman–Crippen MR) is 81.0 cm³/mol. The number of allylic oxidation sites excluding steroid dienone is 3. The maximum atomic E-state index is 11.2. The minimum absolute atomic E-state index is 0.0220. The van der Waals surface area contributed by atoms with E-state index in [0.717, 1.165) is 12.8 Å². The molecule has 0 spiro atoms. The molecule has 19 heavy (non-hydrogen) atoms. The van der Waals surface area contributed by atoms with E-state index in [1.807, 2.05) is 12.1 Å². The normalized spacial score (nSPS) is 11.3. The van der Waals surface area contributed by atoms with Crippen LogP contribution in [0.15, 0.2) is 54.6 Å². The fraction of sp³-hybridized carbons (Fsp3) is 0.353. The van der Waals surface area contributed by atoms with E-state index >= 15 is 0 Å². The number of carbonyl (C=O) groups is 1. The molecule has 1 rings (SSSR count). The zero-order valence-electron chi connectivity index (χ0n) is 11.9. The van der Waals surface area contributed by atoms with E-state index in [0.29, 0.717) is 0 Å². The fourth-order valence-electron chi connectivity index (χ4n) is 1.70. The van der Waals surface area contributed by atoms with Crippen molar-refractivity contribution < 1.29 is 4.79 Å². The molecule has 1 amide bonds. The van der Waals surface area contributed by atoms with Gasteiger partial charge in [0.05, 0.1) is 0 Å². The Morgan fingerprint density at radius 1 is 1.11 bits per heavy atom. The van der Waals surface area contributed by atoms with Crippen molar-refractivity contribution >= 4 is 5.91 Å². The van der Waals surface area contributed by atoms with Crippen LogP contribution in [0.3, 0.4) is 0 Å². The highest BCUT2D eigenvalue weighted by Crippen LogP contribution is 2.06. The van der Waals surface area contributed by atoms with Crippen LogP contribution in [0.25, 0.3) is 0 Å². The third-order valence-electron chi connectivity index (χ3n) is 2.86. The summed E-state index contributed by atoms with van der Waals surface area (Å²) < 4.78 is 0. The van der Waals surface area contributed by atoms with Gasteiger partial charge in [-0.2, -0.15) is 0 Å². The molecule has 1 aromatic carbocycles. The van der Waals surface area contributed by atoms with Crippen molar-refractivity contribution in [1.82, 2.24) is 4.90 Å². The van der Waals surface area contributed by atoms with Gasteiger partial charge in [0.1, 0.15) is 0 Å². The molecule has 0 N–H and O–H groups in total. The minimum Gasteiger partial charge on any atom is -0.345 e. The first-order chi connectivity index (χ1) is 9.20. The molecule has 0 heterocycles. The van der Waals surface area contributed by atoms with Gasteiger partial charge in [-0.3, -0.25) is 4.79 Å². The van der Waals surface area contributed by atoms with Gasteiger partial charge >= 0.3 is 0 Å². The number of hydrogen-bond acceptors (Lipinski definition) is 1. The van der Waals surface area contributed by atoms with Gasteiger partial charge in [-0.25, -0.2) is 0 Å². The van der Waals surface area contributed by atoms with Crippen LogP contribution in [0.1, 0.15) is 24.8 Å². The number of likely N-dealkylation sites (N-methyl/N-ethyl adjacent to an activating group) is 1. The average molecular weight is 257 g/mol. The lowest BCUT2D eigenvalue weighted by atomic mass is 10.1. The van der Waals surface area contributed by atoms with E-state index in [2.05, 4.69) is 30.3 Å². The van der Waals surface area contributed by atoms with E-state index in [4.69, 9.17) is 0 Å². The van der Waals surface area contributed by atoms with Gasteiger partial charge in [0.25, 0.3) is 0 Å². The van der Waals surface area contributed by atoms with Crippen LogP contribution in [0.5, 0.6) is 0 Å². The molecule has 0 unspecified atom stereocenters. The molecule has 102 valence electrons. The molecule has 1 aromatic rings. The highest BCUT2D eigenvalue weighted by atomic mass is 16.2. The van der Waals surface area contributed by atoms with E-state index in [9.17, 15) is 4.79 Å². The fourth-order valence-corrected chi connectivity index (χ4v) is 1.70. The average Bonchev–Trinajstić information content (AvgIpc) is 2.42. The summed E-state index contributed by atoms with van der Waals surface area (Å²) in [5.74, 6) is 0.0220. The smallest absolute Gasteiger partial charge is 0.246 e. The Labute approximate surface area is 116 Å². The monoisotopic (exact) mass is 257 g/mol. The molecule has 0 saturated carbocycles. The maximum absolute atomic E-state index is 11.2. The van der Waals surface area contributed by atoms with Gasteiger partial charge in [0, 0.05) is 20.2 Å². The number of benzene rings is 1. The summed E-state index contributed by atoms with van der Waals surface area (Å²) in [7, 11) is 3.50. The summed E-state index contributed by atoms with van der Waals surface area (Å²) in [5.41, 5.74) is 1.41. The first kappa shape index (κ1) is 15.2. The Bertz CT molecular complexity index is 418. The lowest BCUT2D eigenvalue weighted by molar-refractivity contribution is -0.123. The zero-order chi connectivity index (χ0) is 13.9. The summed E-state index contributed by atoms with van der Waals surface area (Å²) >= 11 is 0. The quantitative estimate of drug-likeness (QED) is 0.415. The Kier molecular flexibility index (Phi) is 7.33. The number of nitrogens with zero attached hydrogens (tertiary/aromatic N) is 1. The molecule has 0 aliphatic rings. The summed E-state index contributed by atoms with van der Waals surface area (Å²) in [4.78, 5) is 12.8. The van der Waals surface area contributed by atoms with E-state index in [1.165, 1.54) is 18.4 Å². The van der Waals surface area contributed by atoms with Gasteiger partial charge < -0.3 is 4.90 Å². The molecule has 0 atom stereocenters. The van der Waals surface area contributed by atoms with Crippen LogP contribution in [0.4, 0.5) is 0 Å². The lowest BCUT2D eigenvalue weighted by Crippen LogP contribution is -2.18. The number of carbonyl (C=O) groups excluding carboxylic acids is 1. The topological polar surface area (TPSA) is 20.3 Å². The van der Waals surface area contributed by atoms with E-state index < -0.39 is 0 Å². The summed E-state index contributed by atoms with van der Waals surface area (Å²) in [6.45, 7) is 0. The summed E-state index contributed by atoms with van der Waals surface area (Å²) in [5, 5.41) is 0. The van der Waals surface area contributed by atoms with E-state index in [-0.39, 0.29) is 5.91 Å². The Morgan fingerprint density at radius 2 is 1.84 bits per heavy atom. The second kappa shape index (κ2) is 9.15. The third-order valence-corrected chi connectivity index (χ3v) is 2.86. The van der Waals surface area contributed by atoms with Crippen molar-refractivity contribution in [3.63, 3.8) is 0 Å². The van der Waals surface area contributed by atoms with Gasteiger partial charge in [0.15, 0.2) is 0 Å².